The Morgan fingerprint density at radius 3 is 2.50 bits per heavy atom. The number of thioether (sulfide) groups is 1. The van der Waals surface area contributed by atoms with Gasteiger partial charge in [-0.05, 0) is 0 Å². The van der Waals surface area contributed by atoms with Crippen molar-refractivity contribution in [2.75, 3.05) is 18.8 Å². The van der Waals surface area contributed by atoms with Crippen LogP contribution in [0.15, 0.2) is 0 Å². The summed E-state index contributed by atoms with van der Waals surface area (Å²) in [5, 5.41) is 8.29. The summed E-state index contributed by atoms with van der Waals surface area (Å²) in [4.78, 5) is 0. The number of hydrogen-bond donors (Lipinski definition) is 0. The largest absolute Gasteiger partial charge is 0.760 e. The van der Waals surface area contributed by atoms with E-state index in [1.165, 1.54) is 0 Å². The van der Waals surface area contributed by atoms with E-state index in [0.29, 0.717) is 5.75 Å². The molecular formula is C5H6Cl3N2O2S2-. The van der Waals surface area contributed by atoms with Crippen molar-refractivity contribution in [2.45, 2.75) is 3.12 Å². The average molecular weight is 297 g/mol. The Labute approximate surface area is 104 Å². The second-order valence-electron chi connectivity index (χ2n) is 2.03. The summed E-state index contributed by atoms with van der Waals surface area (Å²) in [6.07, 6.45) is 0. The third kappa shape index (κ3) is 8.12. The van der Waals surface area contributed by atoms with Crippen molar-refractivity contribution in [1.29, 1.82) is 5.26 Å². The van der Waals surface area contributed by atoms with Gasteiger partial charge in [0.05, 0.1) is 12.6 Å². The number of nitrogens with zero attached hydrogens (tertiary/aromatic N) is 2. The van der Waals surface area contributed by atoms with Gasteiger partial charge in [-0.1, -0.05) is 34.8 Å². The molecule has 14 heavy (non-hydrogen) atoms. The van der Waals surface area contributed by atoms with Gasteiger partial charge in [-0.15, -0.1) is 11.8 Å². The van der Waals surface area contributed by atoms with E-state index in [-0.39, 0.29) is 13.1 Å². The first-order valence-electron chi connectivity index (χ1n) is 3.29. The van der Waals surface area contributed by atoms with E-state index >= 15 is 0 Å². The Morgan fingerprint density at radius 2 is 2.14 bits per heavy atom. The third-order valence-electron chi connectivity index (χ3n) is 1.06. The summed E-state index contributed by atoms with van der Waals surface area (Å²) in [7, 11) is 0. The lowest BCUT2D eigenvalue weighted by molar-refractivity contribution is 0.429. The van der Waals surface area contributed by atoms with Crippen LogP contribution in [0.2, 0.25) is 0 Å². The van der Waals surface area contributed by atoms with Crippen LogP contribution in [0, 0.1) is 11.3 Å². The summed E-state index contributed by atoms with van der Waals surface area (Å²) in [5.74, 6) is 0.312. The van der Waals surface area contributed by atoms with Crippen molar-refractivity contribution in [1.82, 2.24) is 4.31 Å². The fourth-order valence-electron chi connectivity index (χ4n) is 0.548. The van der Waals surface area contributed by atoms with E-state index in [2.05, 4.69) is 0 Å². The molecule has 0 bridgehead atoms. The van der Waals surface area contributed by atoms with Gasteiger partial charge in [-0.25, -0.2) is 4.31 Å². The molecule has 0 aliphatic carbocycles. The first-order chi connectivity index (χ1) is 6.37. The van der Waals surface area contributed by atoms with Crippen molar-refractivity contribution < 1.29 is 8.76 Å². The maximum Gasteiger partial charge on any atom is 0.237 e. The fourth-order valence-corrected chi connectivity index (χ4v) is 2.30. The summed E-state index contributed by atoms with van der Waals surface area (Å²) in [6, 6.07) is 1.72. The Morgan fingerprint density at radius 1 is 1.57 bits per heavy atom. The van der Waals surface area contributed by atoms with Crippen LogP contribution in [-0.2, 0) is 11.3 Å². The lowest BCUT2D eigenvalue weighted by Gasteiger charge is -2.21. The van der Waals surface area contributed by atoms with Gasteiger partial charge in [0.1, 0.15) is 0 Å². The fraction of sp³-hybridized carbons (Fsp3) is 0.800. The smallest absolute Gasteiger partial charge is 0.237 e. The second kappa shape index (κ2) is 7.12. The van der Waals surface area contributed by atoms with E-state index in [0.717, 1.165) is 16.1 Å². The van der Waals surface area contributed by atoms with Crippen molar-refractivity contribution in [3.63, 3.8) is 0 Å². The predicted molar refractivity (Wildman–Crippen MR) is 58.9 cm³/mol. The van der Waals surface area contributed by atoms with Gasteiger partial charge in [0.15, 0.2) is 0 Å². The highest BCUT2D eigenvalue weighted by molar-refractivity contribution is 8.04. The number of alkyl halides is 3. The highest BCUT2D eigenvalue weighted by atomic mass is 35.6. The Bertz CT molecular complexity index is 240. The van der Waals surface area contributed by atoms with Gasteiger partial charge in [-0.3, -0.25) is 4.21 Å². The van der Waals surface area contributed by atoms with Crippen LogP contribution in [0.1, 0.15) is 0 Å². The molecule has 0 N–H and O–H groups in total. The van der Waals surface area contributed by atoms with Gasteiger partial charge in [-0.2, -0.15) is 5.26 Å². The lowest BCUT2D eigenvalue weighted by atomic mass is 10.6. The molecule has 82 valence electrons. The monoisotopic (exact) mass is 295 g/mol. The molecule has 0 saturated carbocycles. The molecule has 0 radical (unpaired) electrons. The minimum absolute atomic E-state index is 0.141. The molecule has 0 amide bonds. The van der Waals surface area contributed by atoms with Gasteiger partial charge in [0.25, 0.3) is 0 Å². The van der Waals surface area contributed by atoms with Crippen LogP contribution < -0.4 is 0 Å². The van der Waals surface area contributed by atoms with Crippen LogP contribution >= 0.6 is 46.6 Å². The van der Waals surface area contributed by atoms with E-state index in [1.807, 2.05) is 0 Å². The molecule has 1 unspecified atom stereocenters. The van der Waals surface area contributed by atoms with Crippen LogP contribution in [0.25, 0.3) is 0 Å². The normalized spacial score (nSPS) is 14.0. The van der Waals surface area contributed by atoms with Gasteiger partial charge >= 0.3 is 0 Å². The maximum atomic E-state index is 10.5. The van der Waals surface area contributed by atoms with E-state index in [9.17, 15) is 8.76 Å². The maximum absolute atomic E-state index is 10.5. The first kappa shape index (κ1) is 14.8. The number of halogens is 3. The number of hydrogen-bond acceptors (Lipinski definition) is 4. The van der Waals surface area contributed by atoms with Crippen molar-refractivity contribution >= 4 is 57.8 Å². The summed E-state index contributed by atoms with van der Waals surface area (Å²) < 4.78 is 20.5. The molecule has 0 aliphatic rings. The molecule has 0 aliphatic heterocycles. The molecule has 1 atom stereocenters. The summed E-state index contributed by atoms with van der Waals surface area (Å²) in [5.41, 5.74) is 0. The summed E-state index contributed by atoms with van der Waals surface area (Å²) >= 11 is 14.9. The van der Waals surface area contributed by atoms with Gasteiger partial charge in [0, 0.05) is 23.6 Å². The summed E-state index contributed by atoms with van der Waals surface area (Å²) in [6.45, 7) is -0.0568. The number of nitriles is 1. The quantitative estimate of drug-likeness (QED) is 0.440. The molecule has 0 aromatic rings. The average Bonchev–Trinajstić information content (AvgIpc) is 2.00. The van der Waals surface area contributed by atoms with E-state index in [1.54, 1.807) is 6.07 Å². The number of rotatable bonds is 5. The SMILES string of the molecule is N#CCN(CCSC(Cl)(Cl)Cl)S(=O)[O-]. The second-order valence-corrected chi connectivity index (χ2v) is 7.25. The predicted octanol–water partition coefficient (Wildman–Crippen LogP) is 1.67. The minimum Gasteiger partial charge on any atom is -0.760 e. The highest BCUT2D eigenvalue weighted by Gasteiger charge is 2.20. The third-order valence-corrected chi connectivity index (χ3v) is 3.49. The Balaban J connectivity index is 3.85. The van der Waals surface area contributed by atoms with Crippen molar-refractivity contribution in [2.24, 2.45) is 0 Å². The van der Waals surface area contributed by atoms with Crippen LogP contribution in [0.3, 0.4) is 0 Å². The molecule has 0 heterocycles. The molecular weight excluding hydrogens is 291 g/mol. The van der Waals surface area contributed by atoms with Crippen molar-refractivity contribution in [3.05, 3.63) is 0 Å². The molecule has 0 aromatic carbocycles. The molecule has 0 rings (SSSR count). The first-order valence-corrected chi connectivity index (χ1v) is 6.44. The zero-order chi connectivity index (χ0) is 11.2. The molecule has 0 fully saturated rings. The molecule has 0 saturated heterocycles. The molecule has 0 aromatic heterocycles. The van der Waals surface area contributed by atoms with Gasteiger partial charge in [0.2, 0.25) is 3.12 Å². The molecule has 9 heteroatoms. The van der Waals surface area contributed by atoms with Crippen LogP contribution in [0.5, 0.6) is 0 Å². The highest BCUT2D eigenvalue weighted by Crippen LogP contribution is 2.38. The van der Waals surface area contributed by atoms with E-state index in [4.69, 9.17) is 40.1 Å². The van der Waals surface area contributed by atoms with Crippen LogP contribution in [0.4, 0.5) is 0 Å². The van der Waals surface area contributed by atoms with Crippen molar-refractivity contribution in [3.8, 4) is 6.07 Å². The molecule has 0 spiro atoms. The topological polar surface area (TPSA) is 67.2 Å². The Hall–Kier alpha value is 0.780. The minimum atomic E-state index is -2.41. The molecule has 4 nitrogen and oxygen atoms in total. The Kier molecular flexibility index (Phi) is 7.52. The zero-order valence-electron chi connectivity index (χ0n) is 6.78. The van der Waals surface area contributed by atoms with E-state index < -0.39 is 14.4 Å². The zero-order valence-corrected chi connectivity index (χ0v) is 10.7. The van der Waals surface area contributed by atoms with Crippen LogP contribution in [-0.4, -0.2) is 35.0 Å². The standard InChI is InChI=1S/C5H7Cl3N2O2S2/c6-5(7,8)13-4-3-10(2-1-9)14(11)12/h2-4H2,(H,11,12)/p-1. The van der Waals surface area contributed by atoms with Gasteiger partial charge < -0.3 is 4.55 Å². The lowest BCUT2D eigenvalue weighted by Crippen LogP contribution is -2.29.